The highest BCUT2D eigenvalue weighted by Crippen LogP contribution is 2.16. The van der Waals surface area contributed by atoms with Crippen molar-refractivity contribution in [1.82, 2.24) is 5.43 Å². The van der Waals surface area contributed by atoms with E-state index in [9.17, 15) is 9.18 Å². The van der Waals surface area contributed by atoms with E-state index in [4.69, 9.17) is 10.00 Å². The Bertz CT molecular complexity index is 764. The molecule has 0 saturated heterocycles. The fourth-order valence-corrected chi connectivity index (χ4v) is 1.76. The Morgan fingerprint density at radius 3 is 2.65 bits per heavy atom. The summed E-state index contributed by atoms with van der Waals surface area (Å²) in [5.74, 6) is -0.460. The molecule has 0 unspecified atom stereocenters. The highest BCUT2D eigenvalue weighted by Gasteiger charge is 2.06. The van der Waals surface area contributed by atoms with Gasteiger partial charge < -0.3 is 4.74 Å². The van der Waals surface area contributed by atoms with Crippen LogP contribution < -0.4 is 10.2 Å². The number of ether oxygens (including phenoxy) is 1. The molecule has 0 aliphatic heterocycles. The van der Waals surface area contributed by atoms with E-state index in [1.54, 1.807) is 43.3 Å². The van der Waals surface area contributed by atoms with E-state index in [2.05, 4.69) is 10.5 Å². The van der Waals surface area contributed by atoms with E-state index >= 15 is 0 Å². The highest BCUT2D eigenvalue weighted by atomic mass is 19.1. The van der Waals surface area contributed by atoms with Gasteiger partial charge in [-0.25, -0.2) is 9.82 Å². The molecular formula is C17H14FN3O2. The first-order valence-electron chi connectivity index (χ1n) is 6.81. The summed E-state index contributed by atoms with van der Waals surface area (Å²) in [6.07, 6.45) is 0. The Labute approximate surface area is 133 Å². The minimum atomic E-state index is -0.459. The van der Waals surface area contributed by atoms with Gasteiger partial charge in [0, 0.05) is 0 Å². The molecular weight excluding hydrogens is 297 g/mol. The van der Waals surface area contributed by atoms with Crippen LogP contribution in [0.5, 0.6) is 5.75 Å². The van der Waals surface area contributed by atoms with Crippen molar-refractivity contribution in [3.8, 4) is 11.8 Å². The second kappa shape index (κ2) is 7.71. The molecule has 23 heavy (non-hydrogen) atoms. The van der Waals surface area contributed by atoms with Crippen molar-refractivity contribution in [3.05, 3.63) is 65.5 Å². The number of nitrogens with one attached hydrogen (secondary N) is 1. The number of benzene rings is 2. The molecule has 2 aromatic carbocycles. The van der Waals surface area contributed by atoms with Gasteiger partial charge in [0.05, 0.1) is 11.3 Å². The van der Waals surface area contributed by atoms with Crippen LogP contribution in [0.25, 0.3) is 0 Å². The molecule has 0 heterocycles. The first-order chi connectivity index (χ1) is 11.1. The lowest BCUT2D eigenvalue weighted by Crippen LogP contribution is -2.25. The zero-order chi connectivity index (χ0) is 16.7. The Morgan fingerprint density at radius 2 is 1.96 bits per heavy atom. The van der Waals surface area contributed by atoms with E-state index < -0.39 is 5.91 Å². The van der Waals surface area contributed by atoms with Gasteiger partial charge >= 0.3 is 0 Å². The van der Waals surface area contributed by atoms with Gasteiger partial charge in [-0.2, -0.15) is 10.4 Å². The van der Waals surface area contributed by atoms with Crippen LogP contribution in [0.2, 0.25) is 0 Å². The molecule has 5 nitrogen and oxygen atoms in total. The molecule has 0 spiro atoms. The van der Waals surface area contributed by atoms with Crippen molar-refractivity contribution in [2.75, 3.05) is 6.61 Å². The normalized spacial score (nSPS) is 10.7. The second-order valence-electron chi connectivity index (χ2n) is 4.64. The van der Waals surface area contributed by atoms with Crippen molar-refractivity contribution in [2.24, 2.45) is 5.10 Å². The van der Waals surface area contributed by atoms with Gasteiger partial charge in [0.2, 0.25) is 0 Å². The summed E-state index contributed by atoms with van der Waals surface area (Å²) in [4.78, 5) is 11.7. The summed E-state index contributed by atoms with van der Waals surface area (Å²) in [6.45, 7) is 1.43. The SMILES string of the molecule is C/C(=N\NC(=O)COc1ccccc1C#N)c1ccc(F)cc1. The van der Waals surface area contributed by atoms with Crippen molar-refractivity contribution in [1.29, 1.82) is 5.26 Å². The van der Waals surface area contributed by atoms with Crippen LogP contribution in [-0.4, -0.2) is 18.2 Å². The number of halogens is 1. The van der Waals surface area contributed by atoms with Gasteiger partial charge in [0.1, 0.15) is 17.6 Å². The summed E-state index contributed by atoms with van der Waals surface area (Å²) in [6, 6.07) is 14.4. The number of rotatable bonds is 5. The van der Waals surface area contributed by atoms with Crippen molar-refractivity contribution in [3.63, 3.8) is 0 Å². The van der Waals surface area contributed by atoms with Crippen LogP contribution in [0.15, 0.2) is 53.6 Å². The number of carbonyl (C=O) groups is 1. The van der Waals surface area contributed by atoms with Gasteiger partial charge in [-0.3, -0.25) is 4.79 Å². The zero-order valence-electron chi connectivity index (χ0n) is 12.4. The summed E-state index contributed by atoms with van der Waals surface area (Å²) in [5.41, 5.74) is 3.94. The third-order valence-corrected chi connectivity index (χ3v) is 2.98. The van der Waals surface area contributed by atoms with Crippen LogP contribution in [-0.2, 0) is 4.79 Å². The maximum Gasteiger partial charge on any atom is 0.277 e. The van der Waals surface area contributed by atoms with Crippen LogP contribution in [0.3, 0.4) is 0 Å². The molecule has 2 aromatic rings. The molecule has 0 aliphatic rings. The molecule has 1 N–H and O–H groups in total. The lowest BCUT2D eigenvalue weighted by molar-refractivity contribution is -0.123. The minimum Gasteiger partial charge on any atom is -0.482 e. The van der Waals surface area contributed by atoms with Crippen molar-refractivity contribution < 1.29 is 13.9 Å². The molecule has 6 heteroatoms. The van der Waals surface area contributed by atoms with Crippen molar-refractivity contribution in [2.45, 2.75) is 6.92 Å². The van der Waals surface area contributed by atoms with E-state index in [-0.39, 0.29) is 12.4 Å². The summed E-state index contributed by atoms with van der Waals surface area (Å²) >= 11 is 0. The molecule has 0 bridgehead atoms. The van der Waals surface area contributed by atoms with Gasteiger partial charge in [-0.15, -0.1) is 0 Å². The Balaban J connectivity index is 1.91. The molecule has 0 aliphatic carbocycles. The fourth-order valence-electron chi connectivity index (χ4n) is 1.76. The zero-order valence-corrected chi connectivity index (χ0v) is 12.4. The van der Waals surface area contributed by atoms with Gasteiger partial charge in [0.15, 0.2) is 6.61 Å². The van der Waals surface area contributed by atoms with E-state index in [1.165, 1.54) is 12.1 Å². The van der Waals surface area contributed by atoms with Gasteiger partial charge in [-0.05, 0) is 36.8 Å². The molecule has 0 saturated carbocycles. The average molecular weight is 311 g/mol. The first-order valence-corrected chi connectivity index (χ1v) is 6.81. The first kappa shape index (κ1) is 16.2. The number of carbonyl (C=O) groups excluding carboxylic acids is 1. The maximum absolute atomic E-state index is 12.8. The predicted octanol–water partition coefficient (Wildman–Crippen LogP) is 2.62. The second-order valence-corrected chi connectivity index (χ2v) is 4.64. The molecule has 2 rings (SSSR count). The Kier molecular flexibility index (Phi) is 5.42. The maximum atomic E-state index is 12.8. The number of amides is 1. The third-order valence-electron chi connectivity index (χ3n) is 2.98. The molecule has 0 radical (unpaired) electrons. The number of nitrogens with zero attached hydrogens (tertiary/aromatic N) is 2. The summed E-state index contributed by atoms with van der Waals surface area (Å²) in [7, 11) is 0. The number of para-hydroxylation sites is 1. The van der Waals surface area contributed by atoms with Gasteiger partial charge in [0.25, 0.3) is 5.91 Å². The number of hydrogen-bond donors (Lipinski definition) is 1. The topological polar surface area (TPSA) is 74.5 Å². The lowest BCUT2D eigenvalue weighted by Gasteiger charge is -2.07. The smallest absolute Gasteiger partial charge is 0.277 e. The highest BCUT2D eigenvalue weighted by molar-refractivity contribution is 5.99. The summed E-state index contributed by atoms with van der Waals surface area (Å²) < 4.78 is 18.1. The Hall–Kier alpha value is -3.20. The standard InChI is InChI=1S/C17H14FN3O2/c1-12(13-6-8-15(18)9-7-13)20-21-17(22)11-23-16-5-3-2-4-14(16)10-19/h2-9H,11H2,1H3,(H,21,22)/b20-12+. The molecule has 0 fully saturated rings. The molecule has 1 amide bonds. The monoisotopic (exact) mass is 311 g/mol. The number of hydrogen-bond acceptors (Lipinski definition) is 4. The Morgan fingerprint density at radius 1 is 1.26 bits per heavy atom. The van der Waals surface area contributed by atoms with Crippen molar-refractivity contribution >= 4 is 11.6 Å². The minimum absolute atomic E-state index is 0.265. The third kappa shape index (κ3) is 4.64. The van der Waals surface area contributed by atoms with Crippen LogP contribution in [0.1, 0.15) is 18.1 Å². The number of hydrazone groups is 1. The quantitative estimate of drug-likeness (QED) is 0.681. The average Bonchev–Trinajstić information content (AvgIpc) is 2.58. The van der Waals surface area contributed by atoms with E-state index in [1.807, 2.05) is 6.07 Å². The fraction of sp³-hybridized carbons (Fsp3) is 0.118. The van der Waals surface area contributed by atoms with Crippen LogP contribution in [0.4, 0.5) is 4.39 Å². The molecule has 0 aromatic heterocycles. The van der Waals surface area contributed by atoms with E-state index in [0.29, 0.717) is 22.6 Å². The van der Waals surface area contributed by atoms with Crippen LogP contribution in [0, 0.1) is 17.1 Å². The summed E-state index contributed by atoms with van der Waals surface area (Å²) in [5, 5.41) is 12.9. The number of nitriles is 1. The van der Waals surface area contributed by atoms with Crippen LogP contribution >= 0.6 is 0 Å². The van der Waals surface area contributed by atoms with Gasteiger partial charge in [-0.1, -0.05) is 24.3 Å². The lowest BCUT2D eigenvalue weighted by atomic mass is 10.1. The molecule has 116 valence electrons. The predicted molar refractivity (Wildman–Crippen MR) is 83.4 cm³/mol. The van der Waals surface area contributed by atoms with E-state index in [0.717, 1.165) is 0 Å². The molecule has 0 atom stereocenters. The largest absolute Gasteiger partial charge is 0.482 e.